The smallest absolute Gasteiger partial charge is 0.339 e. The quantitative estimate of drug-likeness (QED) is 0.365. The molecule has 0 amide bonds. The van der Waals surface area contributed by atoms with Crippen molar-refractivity contribution in [2.75, 3.05) is 0 Å². The number of rotatable bonds is 2. The maximum absolute atomic E-state index is 10.3. The van der Waals surface area contributed by atoms with Gasteiger partial charge in [-0.25, -0.2) is 9.59 Å². The van der Waals surface area contributed by atoms with E-state index in [4.69, 9.17) is 40.9 Å². The molecule has 10 heteroatoms. The van der Waals surface area contributed by atoms with E-state index in [1.807, 2.05) is 0 Å². The van der Waals surface area contributed by atoms with Crippen molar-refractivity contribution in [2.24, 2.45) is 0 Å². The zero-order chi connectivity index (χ0) is 18.6. The van der Waals surface area contributed by atoms with Gasteiger partial charge in [-0.3, -0.25) is 0 Å². The van der Waals surface area contributed by atoms with E-state index in [9.17, 15) is 9.59 Å². The summed E-state index contributed by atoms with van der Waals surface area (Å²) >= 11 is 0. The Labute approximate surface area is 133 Å². The van der Waals surface area contributed by atoms with Crippen molar-refractivity contribution in [1.82, 2.24) is 0 Å². The molecule has 2 aromatic rings. The number of carboxylic acids is 2. The molecule has 0 saturated heterocycles. The number of hydrogen-bond acceptors (Lipinski definition) is 8. The largest absolute Gasteiger partial charge is 0.504 e. The third kappa shape index (κ3) is 3.88. The highest BCUT2D eigenvalue weighted by Crippen LogP contribution is 2.37. The van der Waals surface area contributed by atoms with Crippen LogP contribution in [0.2, 0.25) is 0 Å². The molecular weight excluding hydrogens is 328 g/mol. The molecule has 128 valence electrons. The Morgan fingerprint density at radius 2 is 1.12 bits per heavy atom. The summed E-state index contributed by atoms with van der Waals surface area (Å²) in [6.07, 6.45) is 0. The summed E-state index contributed by atoms with van der Waals surface area (Å²) in [7, 11) is 0. The molecular formula is C14H12O10. The molecule has 0 heterocycles. The number of aromatic carboxylic acids is 2. The van der Waals surface area contributed by atoms with E-state index in [2.05, 4.69) is 0 Å². The number of phenolic OH excluding ortho intramolecular Hbond substituents is 5. The van der Waals surface area contributed by atoms with Gasteiger partial charge < -0.3 is 40.9 Å². The molecule has 2 aromatic carbocycles. The van der Waals surface area contributed by atoms with E-state index >= 15 is 0 Å². The molecule has 2 rings (SSSR count). The van der Waals surface area contributed by atoms with Crippen LogP contribution in [0.15, 0.2) is 24.3 Å². The second-order valence-electron chi connectivity index (χ2n) is 4.30. The van der Waals surface area contributed by atoms with Crippen LogP contribution in [0.4, 0.5) is 0 Å². The first-order chi connectivity index (χ1) is 11.1. The van der Waals surface area contributed by atoms with Crippen molar-refractivity contribution >= 4 is 11.9 Å². The van der Waals surface area contributed by atoms with Gasteiger partial charge in [0, 0.05) is 0 Å². The van der Waals surface area contributed by atoms with Gasteiger partial charge in [0.2, 0.25) is 5.75 Å². The predicted molar refractivity (Wildman–Crippen MR) is 76.8 cm³/mol. The van der Waals surface area contributed by atoms with Crippen LogP contribution in [0.1, 0.15) is 20.7 Å². The molecule has 0 bridgehead atoms. The van der Waals surface area contributed by atoms with Gasteiger partial charge in [0.05, 0.1) is 5.56 Å². The summed E-state index contributed by atoms with van der Waals surface area (Å²) in [4.78, 5) is 20.6. The standard InChI is InChI=1S/2C7H6O5/c8-4-1-3(7(11)12)2-5(9)6(4)10;8-4-2-1-3(7(11)12)5(9)6(4)10/h2*1-2,8-10H,(H,11,12). The SMILES string of the molecule is O=C(O)c1cc(O)c(O)c(O)c1.O=C(O)c1ccc(O)c(O)c1O. The van der Waals surface area contributed by atoms with Crippen molar-refractivity contribution in [3.05, 3.63) is 35.4 Å². The summed E-state index contributed by atoms with van der Waals surface area (Å²) in [5.74, 6) is -6.92. The summed E-state index contributed by atoms with van der Waals surface area (Å²) < 4.78 is 0. The van der Waals surface area contributed by atoms with Gasteiger partial charge in [0.15, 0.2) is 28.7 Å². The highest BCUT2D eigenvalue weighted by molar-refractivity contribution is 5.92. The minimum atomic E-state index is -1.37. The van der Waals surface area contributed by atoms with Gasteiger partial charge in [0.25, 0.3) is 0 Å². The van der Waals surface area contributed by atoms with Crippen LogP contribution in [-0.4, -0.2) is 52.8 Å². The lowest BCUT2D eigenvalue weighted by Crippen LogP contribution is -1.96. The first-order valence-electron chi connectivity index (χ1n) is 6.01. The molecule has 0 aliphatic heterocycles. The Morgan fingerprint density at radius 3 is 1.54 bits per heavy atom. The minimum Gasteiger partial charge on any atom is -0.504 e. The second-order valence-corrected chi connectivity index (χ2v) is 4.30. The molecule has 24 heavy (non-hydrogen) atoms. The molecule has 0 saturated carbocycles. The number of aromatic hydroxyl groups is 6. The van der Waals surface area contributed by atoms with Crippen molar-refractivity contribution in [2.45, 2.75) is 0 Å². The summed E-state index contributed by atoms with van der Waals surface area (Å²) in [6.45, 7) is 0. The Kier molecular flexibility index (Phi) is 5.29. The highest BCUT2D eigenvalue weighted by atomic mass is 16.4. The van der Waals surface area contributed by atoms with E-state index in [0.717, 1.165) is 24.3 Å². The van der Waals surface area contributed by atoms with Crippen molar-refractivity contribution in [1.29, 1.82) is 0 Å². The first kappa shape index (κ1) is 18.2. The van der Waals surface area contributed by atoms with Gasteiger partial charge in [-0.2, -0.15) is 0 Å². The number of carbonyl (C=O) groups is 2. The number of carboxylic acid groups (broad SMARTS) is 2. The maximum Gasteiger partial charge on any atom is 0.339 e. The lowest BCUT2D eigenvalue weighted by Gasteiger charge is -2.02. The van der Waals surface area contributed by atoms with Gasteiger partial charge in [-0.05, 0) is 24.3 Å². The normalized spacial score (nSPS) is 9.67. The number of benzene rings is 2. The fourth-order valence-corrected chi connectivity index (χ4v) is 1.47. The topological polar surface area (TPSA) is 196 Å². The molecule has 0 radical (unpaired) electrons. The van der Waals surface area contributed by atoms with E-state index in [0.29, 0.717) is 0 Å². The maximum atomic E-state index is 10.3. The average Bonchev–Trinajstić information content (AvgIpc) is 2.50. The molecule has 8 N–H and O–H groups in total. The highest BCUT2D eigenvalue weighted by Gasteiger charge is 2.15. The third-order valence-electron chi connectivity index (χ3n) is 2.68. The molecule has 0 unspecified atom stereocenters. The summed E-state index contributed by atoms with van der Waals surface area (Å²) in [6, 6.07) is 3.67. The molecule has 0 spiro atoms. The summed E-state index contributed by atoms with van der Waals surface area (Å²) in [5.41, 5.74) is -0.742. The zero-order valence-corrected chi connectivity index (χ0v) is 11.7. The Morgan fingerprint density at radius 1 is 0.625 bits per heavy atom. The number of hydrogen-bond donors (Lipinski definition) is 8. The molecule has 0 aromatic heterocycles. The van der Waals surface area contributed by atoms with Crippen LogP contribution in [0.5, 0.6) is 34.5 Å². The van der Waals surface area contributed by atoms with Gasteiger partial charge in [-0.15, -0.1) is 0 Å². The fraction of sp³-hybridized carbons (Fsp3) is 0. The van der Waals surface area contributed by atoms with Gasteiger partial charge >= 0.3 is 11.9 Å². The van der Waals surface area contributed by atoms with E-state index in [1.165, 1.54) is 0 Å². The minimum absolute atomic E-state index is 0.289. The van der Waals surface area contributed by atoms with Gasteiger partial charge in [-0.1, -0.05) is 0 Å². The van der Waals surface area contributed by atoms with Gasteiger partial charge in [0.1, 0.15) is 5.56 Å². The van der Waals surface area contributed by atoms with E-state index in [1.54, 1.807) is 0 Å². The molecule has 10 nitrogen and oxygen atoms in total. The average molecular weight is 340 g/mol. The molecule has 0 aliphatic rings. The molecule has 0 atom stereocenters. The summed E-state index contributed by atoms with van der Waals surface area (Å²) in [5, 5.41) is 70.0. The second kappa shape index (κ2) is 6.96. The fourth-order valence-electron chi connectivity index (χ4n) is 1.47. The van der Waals surface area contributed by atoms with Crippen LogP contribution < -0.4 is 0 Å². The first-order valence-corrected chi connectivity index (χ1v) is 6.01. The zero-order valence-electron chi connectivity index (χ0n) is 11.7. The van der Waals surface area contributed by atoms with Crippen LogP contribution in [0, 0.1) is 0 Å². The lowest BCUT2D eigenvalue weighted by atomic mass is 10.2. The Bertz CT molecular complexity index is 773. The van der Waals surface area contributed by atoms with Crippen LogP contribution >= 0.6 is 0 Å². The van der Waals surface area contributed by atoms with E-state index < -0.39 is 52.0 Å². The predicted octanol–water partition coefficient (Wildman–Crippen LogP) is 1.00. The third-order valence-corrected chi connectivity index (χ3v) is 2.68. The monoisotopic (exact) mass is 340 g/mol. The Balaban J connectivity index is 0.000000240. The van der Waals surface area contributed by atoms with Crippen molar-refractivity contribution < 1.29 is 50.4 Å². The number of phenols is 6. The lowest BCUT2D eigenvalue weighted by molar-refractivity contribution is 0.0683. The van der Waals surface area contributed by atoms with Crippen LogP contribution in [0.25, 0.3) is 0 Å². The molecule has 0 fully saturated rings. The van der Waals surface area contributed by atoms with Crippen molar-refractivity contribution in [3.63, 3.8) is 0 Å². The molecule has 0 aliphatic carbocycles. The van der Waals surface area contributed by atoms with Crippen molar-refractivity contribution in [3.8, 4) is 34.5 Å². The van der Waals surface area contributed by atoms with E-state index in [-0.39, 0.29) is 5.56 Å². The van der Waals surface area contributed by atoms with Crippen LogP contribution in [0.3, 0.4) is 0 Å². The van der Waals surface area contributed by atoms with Crippen LogP contribution in [-0.2, 0) is 0 Å². The Hall–Kier alpha value is -3.82.